The molecule has 3 aromatic rings. The van der Waals surface area contributed by atoms with Gasteiger partial charge in [-0.05, 0) is 24.3 Å². The number of carbonyl (C=O) groups is 1. The van der Waals surface area contributed by atoms with E-state index in [9.17, 15) is 4.79 Å². The van der Waals surface area contributed by atoms with E-state index in [1.807, 2.05) is 41.3 Å². The summed E-state index contributed by atoms with van der Waals surface area (Å²) in [4.78, 5) is 27.7. The highest BCUT2D eigenvalue weighted by Gasteiger charge is 2.17. The van der Waals surface area contributed by atoms with Crippen LogP contribution in [0, 0.1) is 0 Å². The maximum absolute atomic E-state index is 12.3. The number of carbonyl (C=O) groups excluding carboxylic acids is 1. The number of nitrogens with zero attached hydrogens (tertiary/aromatic N) is 4. The van der Waals surface area contributed by atoms with E-state index in [1.165, 1.54) is 0 Å². The molecule has 1 saturated heterocycles. The molecule has 29 heavy (non-hydrogen) atoms. The molecule has 3 N–H and O–H groups in total. The molecule has 0 radical (unpaired) electrons. The van der Waals surface area contributed by atoms with E-state index in [4.69, 9.17) is 4.74 Å². The van der Waals surface area contributed by atoms with Gasteiger partial charge in [-0.3, -0.25) is 15.6 Å². The van der Waals surface area contributed by atoms with Crippen LogP contribution in [0.5, 0.6) is 0 Å². The molecular formula is C20H21N7O2. The highest BCUT2D eigenvalue weighted by molar-refractivity contribution is 5.94. The van der Waals surface area contributed by atoms with Gasteiger partial charge < -0.3 is 15.0 Å². The molecule has 0 saturated carbocycles. The van der Waals surface area contributed by atoms with Crippen LogP contribution < -0.4 is 21.1 Å². The fourth-order valence-corrected chi connectivity index (χ4v) is 2.81. The van der Waals surface area contributed by atoms with Crippen LogP contribution in [0.4, 0.5) is 23.5 Å². The minimum Gasteiger partial charge on any atom is -0.378 e. The van der Waals surface area contributed by atoms with Crippen LogP contribution in [0.25, 0.3) is 0 Å². The first kappa shape index (κ1) is 18.6. The lowest BCUT2D eigenvalue weighted by Gasteiger charge is -2.27. The van der Waals surface area contributed by atoms with Gasteiger partial charge in [0.25, 0.3) is 5.91 Å². The summed E-state index contributed by atoms with van der Waals surface area (Å²) in [6.45, 7) is 2.59. The van der Waals surface area contributed by atoms with Crippen LogP contribution in [0.2, 0.25) is 0 Å². The van der Waals surface area contributed by atoms with Gasteiger partial charge in [-0.1, -0.05) is 36.4 Å². The standard InChI is InChI=1S/C20H21N7O2/c28-17(15-7-3-1-4-8-15)25-26-19-22-18(21-16-9-5-2-6-10-16)23-20(24-19)27-11-13-29-14-12-27/h1-10H,11-14H2,(H,25,28)(H2,21,22,23,24,26). The Kier molecular flexibility index (Phi) is 5.77. The molecule has 1 aromatic heterocycles. The first-order valence-corrected chi connectivity index (χ1v) is 9.30. The lowest BCUT2D eigenvalue weighted by Crippen LogP contribution is -2.38. The Hall–Kier alpha value is -3.72. The predicted octanol–water partition coefficient (Wildman–Crippen LogP) is 2.21. The summed E-state index contributed by atoms with van der Waals surface area (Å²) in [5.74, 6) is 0.850. The fraction of sp³-hybridized carbons (Fsp3) is 0.200. The minimum absolute atomic E-state index is 0.240. The summed E-state index contributed by atoms with van der Waals surface area (Å²) in [7, 11) is 0. The third kappa shape index (κ3) is 4.96. The number of para-hydroxylation sites is 1. The van der Waals surface area contributed by atoms with Crippen LogP contribution in [0.15, 0.2) is 60.7 Å². The Morgan fingerprint density at radius 1 is 0.862 bits per heavy atom. The zero-order valence-corrected chi connectivity index (χ0v) is 15.7. The second-order valence-corrected chi connectivity index (χ2v) is 6.32. The van der Waals surface area contributed by atoms with Gasteiger partial charge in [-0.25, -0.2) is 0 Å². The monoisotopic (exact) mass is 391 g/mol. The van der Waals surface area contributed by atoms with Crippen molar-refractivity contribution in [3.8, 4) is 0 Å². The molecule has 0 spiro atoms. The normalized spacial score (nSPS) is 13.6. The zero-order valence-electron chi connectivity index (χ0n) is 15.7. The summed E-state index contributed by atoms with van der Waals surface area (Å²) < 4.78 is 5.40. The fourth-order valence-electron chi connectivity index (χ4n) is 2.81. The van der Waals surface area contributed by atoms with Gasteiger partial charge in [-0.15, -0.1) is 0 Å². The molecule has 0 bridgehead atoms. The molecule has 2 heterocycles. The number of hydrogen-bond donors (Lipinski definition) is 3. The number of nitrogens with one attached hydrogen (secondary N) is 3. The lowest BCUT2D eigenvalue weighted by atomic mass is 10.2. The van der Waals surface area contributed by atoms with Crippen molar-refractivity contribution in [2.45, 2.75) is 0 Å². The molecule has 1 fully saturated rings. The van der Waals surface area contributed by atoms with E-state index in [0.717, 1.165) is 5.69 Å². The summed E-state index contributed by atoms with van der Waals surface area (Å²) in [5, 5.41) is 3.17. The number of benzene rings is 2. The molecule has 1 amide bonds. The summed E-state index contributed by atoms with van der Waals surface area (Å²) in [6, 6.07) is 18.5. The molecule has 148 valence electrons. The van der Waals surface area contributed by atoms with Crippen molar-refractivity contribution in [1.29, 1.82) is 0 Å². The molecule has 4 rings (SSSR count). The Morgan fingerprint density at radius 3 is 2.24 bits per heavy atom. The smallest absolute Gasteiger partial charge is 0.269 e. The van der Waals surface area contributed by atoms with Crippen molar-refractivity contribution < 1.29 is 9.53 Å². The van der Waals surface area contributed by atoms with Gasteiger partial charge in [0.1, 0.15) is 0 Å². The van der Waals surface area contributed by atoms with E-state index in [1.54, 1.807) is 24.3 Å². The van der Waals surface area contributed by atoms with Gasteiger partial charge in [0.2, 0.25) is 17.8 Å². The molecule has 1 aliphatic rings. The molecule has 1 aliphatic heterocycles. The van der Waals surface area contributed by atoms with Crippen molar-refractivity contribution in [2.75, 3.05) is 41.9 Å². The van der Waals surface area contributed by atoms with Crippen molar-refractivity contribution in [1.82, 2.24) is 20.4 Å². The van der Waals surface area contributed by atoms with Crippen molar-refractivity contribution in [3.63, 3.8) is 0 Å². The number of ether oxygens (including phenoxy) is 1. The quantitative estimate of drug-likeness (QED) is 0.550. The number of morpholine rings is 1. The van der Waals surface area contributed by atoms with Crippen LogP contribution >= 0.6 is 0 Å². The van der Waals surface area contributed by atoms with E-state index in [2.05, 4.69) is 31.1 Å². The van der Waals surface area contributed by atoms with Crippen LogP contribution in [-0.2, 0) is 4.74 Å². The Morgan fingerprint density at radius 2 is 1.52 bits per heavy atom. The first-order valence-electron chi connectivity index (χ1n) is 9.30. The third-order valence-corrected chi connectivity index (χ3v) is 4.27. The second-order valence-electron chi connectivity index (χ2n) is 6.32. The average Bonchev–Trinajstić information content (AvgIpc) is 2.79. The van der Waals surface area contributed by atoms with E-state index in [-0.39, 0.29) is 11.9 Å². The molecule has 9 heteroatoms. The van der Waals surface area contributed by atoms with Gasteiger partial charge in [0, 0.05) is 24.3 Å². The summed E-state index contributed by atoms with van der Waals surface area (Å²) >= 11 is 0. The molecule has 0 unspecified atom stereocenters. The van der Waals surface area contributed by atoms with Crippen molar-refractivity contribution >= 4 is 29.4 Å². The SMILES string of the molecule is O=C(NNc1nc(Nc2ccccc2)nc(N2CCOCC2)n1)c1ccccc1. The lowest BCUT2D eigenvalue weighted by molar-refractivity contribution is 0.0962. The maximum Gasteiger partial charge on any atom is 0.269 e. The topological polar surface area (TPSA) is 104 Å². The zero-order chi connectivity index (χ0) is 19.9. The van der Waals surface area contributed by atoms with Gasteiger partial charge >= 0.3 is 0 Å². The molecule has 0 atom stereocenters. The number of anilines is 4. The highest BCUT2D eigenvalue weighted by Crippen LogP contribution is 2.18. The molecule has 2 aromatic carbocycles. The number of rotatable bonds is 6. The maximum atomic E-state index is 12.3. The number of hydrazine groups is 1. The predicted molar refractivity (Wildman–Crippen MR) is 110 cm³/mol. The Labute approximate surface area is 168 Å². The van der Waals surface area contributed by atoms with Gasteiger partial charge in [0.15, 0.2) is 0 Å². The molecule has 0 aliphatic carbocycles. The third-order valence-electron chi connectivity index (χ3n) is 4.27. The van der Waals surface area contributed by atoms with Crippen LogP contribution in [0.3, 0.4) is 0 Å². The summed E-state index contributed by atoms with van der Waals surface area (Å²) in [6.07, 6.45) is 0. The second kappa shape index (κ2) is 8.98. The largest absolute Gasteiger partial charge is 0.378 e. The molecular weight excluding hydrogens is 370 g/mol. The van der Waals surface area contributed by atoms with Gasteiger partial charge in [-0.2, -0.15) is 15.0 Å². The van der Waals surface area contributed by atoms with Crippen LogP contribution in [0.1, 0.15) is 10.4 Å². The van der Waals surface area contributed by atoms with Crippen molar-refractivity contribution in [2.24, 2.45) is 0 Å². The van der Waals surface area contributed by atoms with E-state index < -0.39 is 0 Å². The Balaban J connectivity index is 1.54. The highest BCUT2D eigenvalue weighted by atomic mass is 16.5. The van der Waals surface area contributed by atoms with Crippen LogP contribution in [-0.4, -0.2) is 47.2 Å². The number of amides is 1. The molecule has 9 nitrogen and oxygen atoms in total. The van der Waals surface area contributed by atoms with E-state index in [0.29, 0.717) is 43.8 Å². The number of hydrogen-bond acceptors (Lipinski definition) is 8. The van der Waals surface area contributed by atoms with E-state index >= 15 is 0 Å². The van der Waals surface area contributed by atoms with Gasteiger partial charge in [0.05, 0.1) is 13.2 Å². The Bertz CT molecular complexity index is 948. The summed E-state index contributed by atoms with van der Waals surface area (Å²) in [5.41, 5.74) is 6.80. The first-order chi connectivity index (χ1) is 14.3. The van der Waals surface area contributed by atoms with Crippen molar-refractivity contribution in [3.05, 3.63) is 66.2 Å². The minimum atomic E-state index is -0.281. The average molecular weight is 391 g/mol. The number of aromatic nitrogens is 3.